The molecule has 0 saturated carbocycles. The van der Waals surface area contributed by atoms with Gasteiger partial charge in [-0.05, 0) is 95.5 Å². The average molecular weight is 624 g/mol. The molecular weight excluding hydrogens is 572 g/mol. The zero-order valence-corrected chi connectivity index (χ0v) is 27.6. The lowest BCUT2D eigenvalue weighted by atomic mass is 9.78. The van der Waals surface area contributed by atoms with Gasteiger partial charge in [0.2, 0.25) is 5.78 Å². The molecule has 0 aromatic rings. The van der Waals surface area contributed by atoms with Crippen molar-refractivity contribution in [2.24, 2.45) is 16.3 Å². The first kappa shape index (κ1) is 38.8. The summed E-state index contributed by atoms with van der Waals surface area (Å²) in [5.41, 5.74) is 9.78. The fourth-order valence-corrected chi connectivity index (χ4v) is 4.33. The number of halogens is 2. The lowest BCUT2D eigenvalue weighted by Gasteiger charge is -2.40. The number of hydrogen-bond acceptors (Lipinski definition) is 7. The minimum Gasteiger partial charge on any atom is -0.454 e. The second-order valence-corrected chi connectivity index (χ2v) is 11.2. The van der Waals surface area contributed by atoms with Gasteiger partial charge in [0.25, 0.3) is 0 Å². The van der Waals surface area contributed by atoms with E-state index in [9.17, 15) is 9.18 Å². The van der Waals surface area contributed by atoms with Crippen LogP contribution in [0, 0.1) is 5.41 Å². The molecule has 246 valence electrons. The highest BCUT2D eigenvalue weighted by molar-refractivity contribution is 6.20. The largest absolute Gasteiger partial charge is 0.454 e. The first-order valence-corrected chi connectivity index (χ1v) is 15.2. The number of nitrogens with zero attached hydrogens (tertiary/aromatic N) is 2. The van der Waals surface area contributed by atoms with Crippen molar-refractivity contribution in [2.45, 2.75) is 66.3 Å². The molecule has 0 aromatic carbocycles. The molecule has 4 N–H and O–H groups in total. The third-order valence-corrected chi connectivity index (χ3v) is 7.42. The van der Waals surface area contributed by atoms with Crippen LogP contribution in [0.4, 0.5) is 8.78 Å². The number of allylic oxidation sites excluding steroid dienone is 11. The fourth-order valence-electron chi connectivity index (χ4n) is 4.33. The number of hydrazone groups is 1. The maximum absolute atomic E-state index is 15.3. The first-order chi connectivity index (χ1) is 21.4. The monoisotopic (exact) mass is 623 g/mol. The summed E-state index contributed by atoms with van der Waals surface area (Å²) in [6.07, 6.45) is 15.2. The molecule has 7 nitrogen and oxygen atoms in total. The van der Waals surface area contributed by atoms with E-state index in [0.29, 0.717) is 36.0 Å². The maximum atomic E-state index is 15.3. The van der Waals surface area contributed by atoms with Gasteiger partial charge < -0.3 is 20.7 Å². The van der Waals surface area contributed by atoms with Gasteiger partial charge in [0.05, 0.1) is 17.5 Å². The molecule has 0 amide bonds. The summed E-state index contributed by atoms with van der Waals surface area (Å²) in [6, 6.07) is 0.441. The minimum absolute atomic E-state index is 0.0822. The number of rotatable bonds is 19. The Balaban J connectivity index is 3.08. The maximum Gasteiger partial charge on any atom is 0.211 e. The molecule has 0 aliphatic carbocycles. The van der Waals surface area contributed by atoms with Crippen LogP contribution in [0.3, 0.4) is 0 Å². The number of Topliss-reactive ketones (excluding diaryl/α,β-unsaturated/α-hetero) is 1. The van der Waals surface area contributed by atoms with Gasteiger partial charge in [-0.3, -0.25) is 10.2 Å². The normalized spacial score (nSPS) is 17.6. The molecule has 1 rings (SSSR count). The Morgan fingerprint density at radius 1 is 1.13 bits per heavy atom. The highest BCUT2D eigenvalue weighted by Crippen LogP contribution is 2.39. The Labute approximate surface area is 268 Å². The van der Waals surface area contributed by atoms with E-state index in [2.05, 4.69) is 60.9 Å². The summed E-state index contributed by atoms with van der Waals surface area (Å²) in [5, 5.41) is 7.20. The number of piperidine rings is 1. The van der Waals surface area contributed by atoms with E-state index in [1.54, 1.807) is 37.3 Å². The standard InChI is InChI=1S/C36H51F2N5O2/c1-10-21-40-31(15-14-16-34(38)36(9)19-22-43(23-20-36)27(7)8)35(44)28(24-39)25-41-42-29(11-2)17-18-33(26(5)6)45-32(13-4)30(37)12-3/h10,12-13,15-18,24-25,27,40,42H,1,3-5,11,14,19-23,39H2,2,6-9H3/b28-24-,29-17+,31-15-,32-30-,33-18+,34-16+,41-25-. The number of ether oxygens (including phenoxy) is 1. The lowest BCUT2D eigenvalue weighted by molar-refractivity contribution is -0.112. The van der Waals surface area contributed by atoms with Crippen molar-refractivity contribution in [3.8, 4) is 0 Å². The Bertz CT molecular complexity index is 1290. The summed E-state index contributed by atoms with van der Waals surface area (Å²) in [6.45, 7) is 26.5. The molecule has 0 radical (unpaired) electrons. The van der Waals surface area contributed by atoms with Crippen LogP contribution in [0.2, 0.25) is 0 Å². The van der Waals surface area contributed by atoms with Crippen LogP contribution in [-0.2, 0) is 9.53 Å². The molecule has 1 aliphatic rings. The molecule has 45 heavy (non-hydrogen) atoms. The van der Waals surface area contributed by atoms with Gasteiger partial charge in [0.15, 0.2) is 11.6 Å². The summed E-state index contributed by atoms with van der Waals surface area (Å²) in [5.74, 6) is -0.975. The van der Waals surface area contributed by atoms with Crippen molar-refractivity contribution in [2.75, 3.05) is 19.6 Å². The summed E-state index contributed by atoms with van der Waals surface area (Å²) in [4.78, 5) is 15.7. The van der Waals surface area contributed by atoms with Crippen LogP contribution in [0.25, 0.3) is 0 Å². The second-order valence-electron chi connectivity index (χ2n) is 11.2. The Hall–Kier alpha value is -4.24. The summed E-state index contributed by atoms with van der Waals surface area (Å²) in [7, 11) is 0. The van der Waals surface area contributed by atoms with Gasteiger partial charge >= 0.3 is 0 Å². The van der Waals surface area contributed by atoms with Crippen molar-refractivity contribution < 1.29 is 18.3 Å². The van der Waals surface area contributed by atoms with Crippen LogP contribution in [0.5, 0.6) is 0 Å². The second kappa shape index (κ2) is 19.9. The quantitative estimate of drug-likeness (QED) is 0.0341. The molecule has 1 heterocycles. The Morgan fingerprint density at radius 3 is 2.31 bits per heavy atom. The summed E-state index contributed by atoms with van der Waals surface area (Å²) < 4.78 is 34.8. The van der Waals surface area contributed by atoms with Gasteiger partial charge in [-0.15, -0.1) is 6.58 Å². The number of ketones is 1. The van der Waals surface area contributed by atoms with Crippen molar-refractivity contribution in [3.63, 3.8) is 0 Å². The van der Waals surface area contributed by atoms with E-state index in [-0.39, 0.29) is 29.3 Å². The predicted molar refractivity (Wildman–Crippen MR) is 184 cm³/mol. The number of nitrogens with one attached hydrogen (secondary N) is 2. The molecule has 0 spiro atoms. The zero-order valence-electron chi connectivity index (χ0n) is 27.6. The molecular formula is C36H51F2N5O2. The third-order valence-electron chi connectivity index (χ3n) is 7.42. The molecule has 1 aliphatic heterocycles. The van der Waals surface area contributed by atoms with E-state index >= 15 is 4.39 Å². The van der Waals surface area contributed by atoms with Crippen LogP contribution in [-0.4, -0.2) is 42.6 Å². The zero-order chi connectivity index (χ0) is 34.0. The SMILES string of the molecule is C=CCN/C(=C\C/C=C(/F)C1(C)CCN(C(C)C)CC1)C(=O)C(/C=N\N/C(=C/C=C(/O/C(C=C)=C(\F)C=C)C(=C)C)CC)=C\N. The number of likely N-dealkylation sites (tertiary alicyclic amines) is 1. The van der Waals surface area contributed by atoms with E-state index < -0.39 is 17.0 Å². The lowest BCUT2D eigenvalue weighted by Crippen LogP contribution is -2.42. The topological polar surface area (TPSA) is 92.0 Å². The van der Waals surface area contributed by atoms with E-state index in [0.717, 1.165) is 38.2 Å². The van der Waals surface area contributed by atoms with Crippen LogP contribution in [0.1, 0.15) is 60.3 Å². The highest BCUT2D eigenvalue weighted by Gasteiger charge is 2.34. The molecule has 0 unspecified atom stereocenters. The van der Waals surface area contributed by atoms with Crippen LogP contribution < -0.4 is 16.5 Å². The van der Waals surface area contributed by atoms with Crippen molar-refractivity contribution >= 4 is 12.0 Å². The number of hydrogen-bond donors (Lipinski definition) is 3. The molecule has 1 saturated heterocycles. The van der Waals surface area contributed by atoms with E-state index in [4.69, 9.17) is 10.5 Å². The van der Waals surface area contributed by atoms with Gasteiger partial charge in [-0.25, -0.2) is 8.78 Å². The number of nitrogens with two attached hydrogens (primary N) is 1. The van der Waals surface area contributed by atoms with Gasteiger partial charge in [-0.1, -0.05) is 45.7 Å². The van der Waals surface area contributed by atoms with E-state index in [1.807, 2.05) is 13.8 Å². The number of carbonyl (C=O) groups excluding carboxylic acids is 1. The Kier molecular flexibility index (Phi) is 17.2. The van der Waals surface area contributed by atoms with Gasteiger partial charge in [0.1, 0.15) is 11.6 Å². The molecule has 9 heteroatoms. The predicted octanol–water partition coefficient (Wildman–Crippen LogP) is 7.71. The van der Waals surface area contributed by atoms with Crippen LogP contribution >= 0.6 is 0 Å². The molecule has 1 fully saturated rings. The summed E-state index contributed by atoms with van der Waals surface area (Å²) >= 11 is 0. The molecule has 0 aromatic heterocycles. The molecule has 0 bridgehead atoms. The smallest absolute Gasteiger partial charge is 0.211 e. The van der Waals surface area contributed by atoms with Gasteiger partial charge in [0, 0.05) is 29.9 Å². The van der Waals surface area contributed by atoms with Crippen molar-refractivity contribution in [1.82, 2.24) is 15.6 Å². The Morgan fingerprint density at radius 2 is 1.80 bits per heavy atom. The average Bonchev–Trinajstić information content (AvgIpc) is 3.02. The van der Waals surface area contributed by atoms with Crippen molar-refractivity contribution in [1.29, 1.82) is 0 Å². The third kappa shape index (κ3) is 12.7. The fraction of sp³-hybridized carbons (Fsp3) is 0.389. The minimum atomic E-state index is -0.654. The first-order valence-electron chi connectivity index (χ1n) is 15.2. The highest BCUT2D eigenvalue weighted by atomic mass is 19.1. The molecule has 0 atom stereocenters. The van der Waals surface area contributed by atoms with Crippen molar-refractivity contribution in [3.05, 3.63) is 121 Å². The van der Waals surface area contributed by atoms with Gasteiger partial charge in [-0.2, -0.15) is 5.10 Å². The van der Waals surface area contributed by atoms with Crippen LogP contribution in [0.15, 0.2) is 126 Å². The number of carbonyl (C=O) groups is 1. The van der Waals surface area contributed by atoms with E-state index in [1.165, 1.54) is 12.3 Å².